The average molecular weight is 580 g/mol. The summed E-state index contributed by atoms with van der Waals surface area (Å²) in [6, 6.07) is 20.2. The van der Waals surface area contributed by atoms with E-state index in [1.807, 2.05) is 11.3 Å². The highest BCUT2D eigenvalue weighted by atomic mass is 32.2. The molecule has 0 radical (unpaired) electrons. The van der Waals surface area contributed by atoms with Crippen LogP contribution in [-0.4, -0.2) is 60.9 Å². The monoisotopic (exact) mass is 579 g/mol. The van der Waals surface area contributed by atoms with E-state index < -0.39 is 0 Å². The molecule has 2 fully saturated rings. The number of aryl methyl sites for hydroxylation is 1. The first-order chi connectivity index (χ1) is 19.3. The maximum atomic E-state index is 11.9. The molecule has 0 saturated carbocycles. The lowest BCUT2D eigenvalue weighted by Gasteiger charge is -2.44. The lowest BCUT2D eigenvalue weighted by Crippen LogP contribution is -2.49. The molecule has 40 heavy (non-hydrogen) atoms. The molecule has 3 aromatic rings. The Bertz CT molecular complexity index is 1300. The Hall–Kier alpha value is -2.16. The van der Waals surface area contributed by atoms with E-state index in [0.29, 0.717) is 0 Å². The average Bonchev–Trinajstić information content (AvgIpc) is 3.41. The molecule has 0 amide bonds. The lowest BCUT2D eigenvalue weighted by atomic mass is 9.87. The second-order valence-corrected chi connectivity index (χ2v) is 13.3. The predicted molar refractivity (Wildman–Crippen MR) is 165 cm³/mol. The fraction of sp³-hybridized carbons (Fsp3) is 0.485. The summed E-state index contributed by atoms with van der Waals surface area (Å²) < 4.78 is 17.9. The number of morpholine rings is 1. The predicted octanol–water partition coefficient (Wildman–Crippen LogP) is 6.91. The molecule has 5 rings (SSSR count). The van der Waals surface area contributed by atoms with Crippen LogP contribution in [0.25, 0.3) is 10.4 Å². The van der Waals surface area contributed by atoms with Crippen molar-refractivity contribution in [2.24, 2.45) is 5.92 Å². The van der Waals surface area contributed by atoms with Crippen molar-refractivity contribution in [3.8, 4) is 10.4 Å². The minimum Gasteiger partial charge on any atom is -0.461 e. The van der Waals surface area contributed by atoms with Gasteiger partial charge in [0.15, 0.2) is 0 Å². The minimum atomic E-state index is -0.228. The van der Waals surface area contributed by atoms with Crippen molar-refractivity contribution in [3.63, 3.8) is 0 Å². The molecular weight excluding hydrogens is 539 g/mol. The molecule has 1 aromatic heterocycles. The van der Waals surface area contributed by atoms with Gasteiger partial charge in [0.1, 0.15) is 6.10 Å². The molecule has 0 N–H and O–H groups in total. The van der Waals surface area contributed by atoms with Crippen LogP contribution in [0.1, 0.15) is 54.0 Å². The summed E-state index contributed by atoms with van der Waals surface area (Å²) in [7, 11) is 0. The Morgan fingerprint density at radius 3 is 2.65 bits per heavy atom. The quantitative estimate of drug-likeness (QED) is 0.271. The normalized spacial score (nSPS) is 25.6. The molecule has 214 valence electrons. The number of carbonyl (C=O) groups is 1. The van der Waals surface area contributed by atoms with E-state index in [1.54, 1.807) is 11.8 Å². The summed E-state index contributed by atoms with van der Waals surface area (Å²) in [5.41, 5.74) is 6.38. The van der Waals surface area contributed by atoms with Gasteiger partial charge in [0.25, 0.3) is 0 Å². The molecule has 0 bridgehead atoms. The van der Waals surface area contributed by atoms with Gasteiger partial charge < -0.3 is 14.2 Å². The third kappa shape index (κ3) is 6.82. The number of thioether (sulfide) groups is 1. The van der Waals surface area contributed by atoms with E-state index in [9.17, 15) is 4.79 Å². The highest BCUT2D eigenvalue weighted by Crippen LogP contribution is 2.42. The van der Waals surface area contributed by atoms with Gasteiger partial charge in [-0.15, -0.1) is 11.3 Å². The number of ether oxygens (including phenoxy) is 3. The van der Waals surface area contributed by atoms with Crippen LogP contribution in [0.4, 0.5) is 0 Å². The zero-order valence-electron chi connectivity index (χ0n) is 24.2. The molecule has 5 atom stereocenters. The summed E-state index contributed by atoms with van der Waals surface area (Å²) in [5, 5.41) is 0.0451. The van der Waals surface area contributed by atoms with Gasteiger partial charge in [-0.1, -0.05) is 43.3 Å². The van der Waals surface area contributed by atoms with E-state index in [4.69, 9.17) is 14.2 Å². The van der Waals surface area contributed by atoms with Crippen molar-refractivity contribution >= 4 is 29.1 Å². The largest absolute Gasteiger partial charge is 0.461 e. The van der Waals surface area contributed by atoms with Crippen molar-refractivity contribution in [2.45, 2.75) is 64.2 Å². The third-order valence-electron chi connectivity index (χ3n) is 8.27. The number of nitrogens with zero attached hydrogens (tertiary/aromatic N) is 1. The van der Waals surface area contributed by atoms with Gasteiger partial charge in [0, 0.05) is 48.7 Å². The number of carbonyl (C=O) groups excluding carboxylic acids is 1. The van der Waals surface area contributed by atoms with Crippen LogP contribution in [0.3, 0.4) is 0 Å². The van der Waals surface area contributed by atoms with Crippen molar-refractivity contribution in [1.82, 2.24) is 4.90 Å². The first kappa shape index (κ1) is 29.3. The SMILES string of the molecule is CS[C@H]1C(c2ccc(C)c(Cc3ccc(-c4cccc(CN5CCOCC5)c4)s3)c2)O[C@H](C)[C@@H](C)[C@@H]1OC(C)=O. The van der Waals surface area contributed by atoms with Crippen LogP contribution in [-0.2, 0) is 32.0 Å². The maximum absolute atomic E-state index is 11.9. The first-order valence-corrected chi connectivity index (χ1v) is 16.4. The van der Waals surface area contributed by atoms with Crippen LogP contribution in [0.15, 0.2) is 54.6 Å². The molecule has 2 aliphatic rings. The Kier molecular flexibility index (Phi) is 9.69. The van der Waals surface area contributed by atoms with Gasteiger partial charge in [0.2, 0.25) is 0 Å². The molecule has 5 nitrogen and oxygen atoms in total. The van der Waals surface area contributed by atoms with Gasteiger partial charge in [-0.25, -0.2) is 0 Å². The number of esters is 1. The Morgan fingerprint density at radius 1 is 1.10 bits per heavy atom. The summed E-state index contributed by atoms with van der Waals surface area (Å²) >= 11 is 3.59. The topological polar surface area (TPSA) is 48.0 Å². The maximum Gasteiger partial charge on any atom is 0.302 e. The van der Waals surface area contributed by atoms with Gasteiger partial charge >= 0.3 is 5.97 Å². The van der Waals surface area contributed by atoms with Crippen molar-refractivity contribution in [1.29, 1.82) is 0 Å². The zero-order valence-corrected chi connectivity index (χ0v) is 25.9. The summed E-state index contributed by atoms with van der Waals surface area (Å²) in [4.78, 5) is 17.0. The highest BCUT2D eigenvalue weighted by Gasteiger charge is 2.44. The van der Waals surface area contributed by atoms with Crippen LogP contribution in [0, 0.1) is 12.8 Å². The fourth-order valence-electron chi connectivity index (χ4n) is 5.78. The summed E-state index contributed by atoms with van der Waals surface area (Å²) in [6.07, 6.45) is 2.66. The van der Waals surface area contributed by atoms with E-state index >= 15 is 0 Å². The third-order valence-corrected chi connectivity index (χ3v) is 10.5. The lowest BCUT2D eigenvalue weighted by molar-refractivity contribution is -0.168. The van der Waals surface area contributed by atoms with E-state index in [-0.39, 0.29) is 35.4 Å². The minimum absolute atomic E-state index is 0.00127. The molecule has 3 heterocycles. The summed E-state index contributed by atoms with van der Waals surface area (Å²) in [6.45, 7) is 12.5. The second-order valence-electron chi connectivity index (χ2n) is 11.1. The molecule has 2 aliphatic heterocycles. The molecule has 7 heteroatoms. The summed E-state index contributed by atoms with van der Waals surface area (Å²) in [5.74, 6) is -0.0899. The number of benzene rings is 2. The number of hydrogen-bond donors (Lipinski definition) is 0. The Morgan fingerprint density at radius 2 is 1.90 bits per heavy atom. The van der Waals surface area contributed by atoms with Crippen molar-refractivity contribution in [3.05, 3.63) is 81.7 Å². The van der Waals surface area contributed by atoms with E-state index in [1.165, 1.54) is 38.9 Å². The van der Waals surface area contributed by atoms with Crippen LogP contribution < -0.4 is 0 Å². The molecule has 0 aliphatic carbocycles. The molecule has 1 unspecified atom stereocenters. The van der Waals surface area contributed by atoms with E-state index in [2.05, 4.69) is 86.5 Å². The van der Waals surface area contributed by atoms with Crippen molar-refractivity contribution in [2.75, 3.05) is 32.6 Å². The van der Waals surface area contributed by atoms with Gasteiger partial charge in [0.05, 0.1) is 30.7 Å². The fourth-order valence-corrected chi connectivity index (χ4v) is 7.85. The second kappa shape index (κ2) is 13.2. The van der Waals surface area contributed by atoms with Gasteiger partial charge in [-0.2, -0.15) is 11.8 Å². The highest BCUT2D eigenvalue weighted by molar-refractivity contribution is 7.99. The molecule has 2 aromatic carbocycles. The smallest absolute Gasteiger partial charge is 0.302 e. The van der Waals surface area contributed by atoms with E-state index in [0.717, 1.165) is 44.8 Å². The number of rotatable bonds is 8. The molecular formula is C33H41NO4S2. The molecule has 2 saturated heterocycles. The van der Waals surface area contributed by atoms with Crippen LogP contribution >= 0.6 is 23.1 Å². The van der Waals surface area contributed by atoms with Crippen LogP contribution in [0.5, 0.6) is 0 Å². The number of hydrogen-bond acceptors (Lipinski definition) is 7. The van der Waals surface area contributed by atoms with Crippen LogP contribution in [0.2, 0.25) is 0 Å². The Balaban J connectivity index is 1.33. The van der Waals surface area contributed by atoms with Gasteiger partial charge in [-0.3, -0.25) is 9.69 Å². The first-order valence-electron chi connectivity index (χ1n) is 14.3. The number of thiophene rings is 1. The zero-order chi connectivity index (χ0) is 28.2. The molecule has 0 spiro atoms. The standard InChI is InChI=1S/C33H41NO4S2/c1-21-9-10-27(32-33(39-5)31(38-24(4)35)22(2)23(3)37-32)18-28(21)19-29-11-12-30(40-29)26-8-6-7-25(17-26)20-34-13-15-36-16-14-34/h6-12,17-18,22-23,31-33H,13-16,19-20H2,1-5H3/t22-,23-,31+,32?,33-/m1/s1. The Labute approximate surface area is 247 Å². The van der Waals surface area contributed by atoms with Gasteiger partial charge in [-0.05, 0) is 66.1 Å². The van der Waals surface area contributed by atoms with Crippen molar-refractivity contribution < 1.29 is 19.0 Å².